The van der Waals surface area contributed by atoms with Crippen LogP contribution in [0.15, 0.2) is 42.6 Å². The number of likely N-dealkylation sites (tertiary alicyclic amines) is 1. The third-order valence-corrected chi connectivity index (χ3v) is 5.68. The molecule has 1 aromatic heterocycles. The van der Waals surface area contributed by atoms with Gasteiger partial charge in [0, 0.05) is 37.4 Å². The van der Waals surface area contributed by atoms with E-state index in [0.29, 0.717) is 24.6 Å². The Morgan fingerprint density at radius 1 is 1.17 bits per heavy atom. The molecule has 1 N–H and O–H groups in total. The zero-order chi connectivity index (χ0) is 20.9. The lowest BCUT2D eigenvalue weighted by molar-refractivity contribution is -0.134. The Morgan fingerprint density at radius 2 is 2.00 bits per heavy atom. The molecule has 30 heavy (non-hydrogen) atoms. The van der Waals surface area contributed by atoms with E-state index in [0.717, 1.165) is 25.1 Å². The van der Waals surface area contributed by atoms with Crippen LogP contribution < -0.4 is 10.1 Å². The van der Waals surface area contributed by atoms with E-state index in [4.69, 9.17) is 4.74 Å². The molecule has 2 aromatic rings. The van der Waals surface area contributed by atoms with Gasteiger partial charge in [-0.25, -0.2) is 4.39 Å². The van der Waals surface area contributed by atoms with E-state index in [-0.39, 0.29) is 30.1 Å². The van der Waals surface area contributed by atoms with E-state index in [1.165, 1.54) is 25.0 Å². The van der Waals surface area contributed by atoms with Crippen LogP contribution in [0.1, 0.15) is 47.7 Å². The molecule has 1 atom stereocenters. The number of rotatable bonds is 7. The fraction of sp³-hybridized carbons (Fsp3) is 0.435. The number of ether oxygens (including phenoxy) is 1. The first-order valence-corrected chi connectivity index (χ1v) is 10.5. The van der Waals surface area contributed by atoms with E-state index in [2.05, 4.69) is 10.3 Å². The van der Waals surface area contributed by atoms with Crippen LogP contribution in [-0.2, 0) is 4.79 Å². The maximum Gasteiger partial charge on any atom is 0.260 e. The van der Waals surface area contributed by atoms with Crippen molar-refractivity contribution < 1.29 is 18.7 Å². The maximum atomic E-state index is 13.7. The minimum Gasteiger partial charge on any atom is -0.481 e. The highest BCUT2D eigenvalue weighted by molar-refractivity contribution is 5.93. The first-order valence-electron chi connectivity index (χ1n) is 10.5. The second kappa shape index (κ2) is 9.24. The molecular formula is C23H26FN3O3. The monoisotopic (exact) mass is 411 g/mol. The van der Waals surface area contributed by atoms with Gasteiger partial charge in [-0.3, -0.25) is 14.6 Å². The Kier molecular flexibility index (Phi) is 6.26. The van der Waals surface area contributed by atoms with Crippen molar-refractivity contribution in [2.45, 2.75) is 31.6 Å². The average Bonchev–Trinajstić information content (AvgIpc) is 3.61. The van der Waals surface area contributed by atoms with Crippen molar-refractivity contribution in [2.75, 3.05) is 26.2 Å². The number of piperidine rings is 1. The Hall–Kier alpha value is -2.96. The number of pyridine rings is 1. The van der Waals surface area contributed by atoms with Gasteiger partial charge in [-0.2, -0.15) is 0 Å². The summed E-state index contributed by atoms with van der Waals surface area (Å²) in [6, 6.07) is 9.73. The first-order chi connectivity index (χ1) is 14.6. The van der Waals surface area contributed by atoms with Crippen LogP contribution in [0.25, 0.3) is 0 Å². The number of hydrogen-bond donors (Lipinski definition) is 1. The van der Waals surface area contributed by atoms with Gasteiger partial charge in [0.25, 0.3) is 11.8 Å². The predicted molar refractivity (Wildman–Crippen MR) is 110 cm³/mol. The molecule has 2 heterocycles. The summed E-state index contributed by atoms with van der Waals surface area (Å²) in [5.41, 5.74) is 1.43. The molecule has 0 bridgehead atoms. The van der Waals surface area contributed by atoms with Gasteiger partial charge in [0.15, 0.2) is 18.2 Å². The predicted octanol–water partition coefficient (Wildman–Crippen LogP) is 3.15. The maximum absolute atomic E-state index is 13.7. The summed E-state index contributed by atoms with van der Waals surface area (Å²) < 4.78 is 19.0. The number of halogens is 1. The number of benzene rings is 1. The summed E-state index contributed by atoms with van der Waals surface area (Å²) in [7, 11) is 0. The zero-order valence-corrected chi connectivity index (χ0v) is 16.9. The quantitative estimate of drug-likeness (QED) is 0.760. The van der Waals surface area contributed by atoms with Gasteiger partial charge < -0.3 is 15.0 Å². The molecule has 6 nitrogen and oxygen atoms in total. The second-order valence-corrected chi connectivity index (χ2v) is 8.02. The van der Waals surface area contributed by atoms with Crippen LogP contribution in [0, 0.1) is 11.7 Å². The molecule has 0 unspecified atom stereocenters. The van der Waals surface area contributed by atoms with E-state index in [1.54, 1.807) is 29.3 Å². The number of para-hydroxylation sites is 1. The molecular weight excluding hydrogens is 385 g/mol. The first kappa shape index (κ1) is 20.3. The van der Waals surface area contributed by atoms with Gasteiger partial charge in [-0.05, 0) is 55.9 Å². The van der Waals surface area contributed by atoms with Crippen LogP contribution >= 0.6 is 0 Å². The number of amides is 2. The van der Waals surface area contributed by atoms with Crippen molar-refractivity contribution in [3.8, 4) is 5.75 Å². The summed E-state index contributed by atoms with van der Waals surface area (Å²) in [5.74, 6) is 0.0867. The second-order valence-electron chi connectivity index (χ2n) is 8.02. The molecule has 1 aliphatic carbocycles. The van der Waals surface area contributed by atoms with Crippen molar-refractivity contribution in [1.29, 1.82) is 0 Å². The van der Waals surface area contributed by atoms with Gasteiger partial charge in [-0.1, -0.05) is 12.1 Å². The fourth-order valence-electron chi connectivity index (χ4n) is 3.68. The standard InChI is InChI=1S/C23H26FN3O3/c24-19-5-1-2-6-21(19)30-15-22(28)27-11-3-4-18(14-27)20-10-9-17(13-25-20)23(29)26-12-16-7-8-16/h1-2,5-6,9-10,13,16,18H,3-4,7-8,11-12,14-15H2,(H,26,29)/t18-/m1/s1. The molecule has 2 fully saturated rings. The summed E-state index contributed by atoms with van der Waals surface area (Å²) >= 11 is 0. The number of carbonyl (C=O) groups excluding carboxylic acids is 2. The molecule has 1 saturated heterocycles. The Labute approximate surface area is 175 Å². The highest BCUT2D eigenvalue weighted by atomic mass is 19.1. The topological polar surface area (TPSA) is 71.5 Å². The molecule has 4 rings (SSSR count). The minimum atomic E-state index is -0.479. The lowest BCUT2D eigenvalue weighted by Crippen LogP contribution is -2.41. The zero-order valence-electron chi connectivity index (χ0n) is 16.9. The summed E-state index contributed by atoms with van der Waals surface area (Å²) in [5, 5.41) is 2.94. The number of carbonyl (C=O) groups is 2. The third-order valence-electron chi connectivity index (χ3n) is 5.68. The minimum absolute atomic E-state index is 0.0802. The van der Waals surface area contributed by atoms with E-state index in [1.807, 2.05) is 6.07 Å². The molecule has 2 amide bonds. The molecule has 158 valence electrons. The van der Waals surface area contributed by atoms with Crippen molar-refractivity contribution in [3.63, 3.8) is 0 Å². The summed E-state index contributed by atoms with van der Waals surface area (Å²) in [4.78, 5) is 30.9. The molecule has 1 aliphatic heterocycles. The molecule has 1 saturated carbocycles. The van der Waals surface area contributed by atoms with E-state index >= 15 is 0 Å². The summed E-state index contributed by atoms with van der Waals surface area (Å²) in [6.45, 7) is 1.73. The Morgan fingerprint density at radius 3 is 2.73 bits per heavy atom. The van der Waals surface area contributed by atoms with Crippen molar-refractivity contribution in [1.82, 2.24) is 15.2 Å². The van der Waals surface area contributed by atoms with Crippen LogP contribution in [-0.4, -0.2) is 47.9 Å². The highest BCUT2D eigenvalue weighted by Gasteiger charge is 2.26. The molecule has 1 aromatic carbocycles. The van der Waals surface area contributed by atoms with Crippen molar-refractivity contribution >= 4 is 11.8 Å². The van der Waals surface area contributed by atoms with Crippen molar-refractivity contribution in [3.05, 3.63) is 59.7 Å². The Bertz CT molecular complexity index is 899. The van der Waals surface area contributed by atoms with Crippen LogP contribution in [0.4, 0.5) is 4.39 Å². The van der Waals surface area contributed by atoms with Crippen molar-refractivity contribution in [2.24, 2.45) is 5.92 Å². The Balaban J connectivity index is 1.31. The molecule has 0 radical (unpaired) electrons. The van der Waals surface area contributed by atoms with Crippen LogP contribution in [0.3, 0.4) is 0 Å². The van der Waals surface area contributed by atoms with Gasteiger partial charge >= 0.3 is 0 Å². The van der Waals surface area contributed by atoms with Crippen LogP contribution in [0.5, 0.6) is 5.75 Å². The molecule has 7 heteroatoms. The highest BCUT2D eigenvalue weighted by Crippen LogP contribution is 2.28. The number of nitrogens with zero attached hydrogens (tertiary/aromatic N) is 2. The third kappa shape index (κ3) is 5.14. The molecule has 0 spiro atoms. The van der Waals surface area contributed by atoms with Gasteiger partial charge in [0.05, 0.1) is 5.56 Å². The average molecular weight is 411 g/mol. The smallest absolute Gasteiger partial charge is 0.260 e. The fourth-order valence-corrected chi connectivity index (χ4v) is 3.68. The largest absolute Gasteiger partial charge is 0.481 e. The number of hydrogen-bond acceptors (Lipinski definition) is 4. The normalized spacial score (nSPS) is 18.7. The number of aromatic nitrogens is 1. The molecule has 2 aliphatic rings. The SMILES string of the molecule is O=C(NCC1CC1)c1ccc([C@@H]2CCCN(C(=O)COc3ccccc3F)C2)nc1. The van der Waals surface area contributed by atoms with E-state index in [9.17, 15) is 14.0 Å². The summed E-state index contributed by atoms with van der Waals surface area (Å²) in [6.07, 6.45) is 5.79. The van der Waals surface area contributed by atoms with Gasteiger partial charge in [-0.15, -0.1) is 0 Å². The van der Waals surface area contributed by atoms with Gasteiger partial charge in [0.1, 0.15) is 0 Å². The lowest BCUT2D eigenvalue weighted by atomic mass is 9.94. The number of nitrogens with one attached hydrogen (secondary N) is 1. The lowest BCUT2D eigenvalue weighted by Gasteiger charge is -2.32. The van der Waals surface area contributed by atoms with Gasteiger partial charge in [0.2, 0.25) is 0 Å². The van der Waals surface area contributed by atoms with Crippen LogP contribution in [0.2, 0.25) is 0 Å². The van der Waals surface area contributed by atoms with E-state index < -0.39 is 5.82 Å².